The lowest BCUT2D eigenvalue weighted by Crippen LogP contribution is -2.31. The molecule has 0 aliphatic carbocycles. The maximum atomic E-state index is 13.2. The van der Waals surface area contributed by atoms with Crippen molar-refractivity contribution in [2.75, 3.05) is 20.3 Å². The molecular formula is C30H33ClF6N2O2. The second kappa shape index (κ2) is 15.8. The highest BCUT2D eigenvalue weighted by molar-refractivity contribution is 6.31. The van der Waals surface area contributed by atoms with E-state index in [2.05, 4.69) is 10.6 Å². The number of nitrogens with one attached hydrogen (secondary N) is 2. The van der Waals surface area contributed by atoms with Crippen molar-refractivity contribution in [2.45, 2.75) is 51.4 Å². The third-order valence-electron chi connectivity index (χ3n) is 6.52. The summed E-state index contributed by atoms with van der Waals surface area (Å²) in [6.45, 7) is 4.17. The minimum Gasteiger partial charge on any atom is -0.374 e. The number of hydrogen-bond donors (Lipinski definition) is 3. The first kappa shape index (κ1) is 34.1. The lowest BCUT2D eigenvalue weighted by Gasteiger charge is -2.22. The first-order valence-corrected chi connectivity index (χ1v) is 13.2. The van der Waals surface area contributed by atoms with Crippen LogP contribution in [0.15, 0.2) is 60.7 Å². The van der Waals surface area contributed by atoms with Crippen molar-refractivity contribution in [3.05, 3.63) is 105 Å². The molecular weight excluding hydrogens is 570 g/mol. The molecule has 0 aliphatic heterocycles. The van der Waals surface area contributed by atoms with E-state index in [1.807, 2.05) is 44.2 Å². The first-order valence-electron chi connectivity index (χ1n) is 12.8. The molecule has 0 saturated carbocycles. The van der Waals surface area contributed by atoms with E-state index in [1.165, 1.54) is 0 Å². The Morgan fingerprint density at radius 3 is 2.29 bits per heavy atom. The summed E-state index contributed by atoms with van der Waals surface area (Å²) >= 11 is 6.16. The van der Waals surface area contributed by atoms with Crippen LogP contribution in [0.1, 0.15) is 75.7 Å². The van der Waals surface area contributed by atoms with Gasteiger partial charge in [0, 0.05) is 28.6 Å². The van der Waals surface area contributed by atoms with Crippen molar-refractivity contribution in [3.8, 4) is 0 Å². The number of aliphatic hydroxyl groups is 1. The normalized spacial score (nSPS) is 12.9. The van der Waals surface area contributed by atoms with Gasteiger partial charge in [-0.3, -0.25) is 14.5 Å². The molecule has 224 valence electrons. The van der Waals surface area contributed by atoms with Crippen LogP contribution in [-0.2, 0) is 12.6 Å². The van der Waals surface area contributed by atoms with Gasteiger partial charge < -0.3 is 10.4 Å². The van der Waals surface area contributed by atoms with Crippen LogP contribution in [0, 0.1) is 6.92 Å². The van der Waals surface area contributed by atoms with E-state index in [1.54, 1.807) is 12.1 Å². The Morgan fingerprint density at radius 2 is 1.68 bits per heavy atom. The number of benzene rings is 3. The average molecular weight is 603 g/mol. The summed E-state index contributed by atoms with van der Waals surface area (Å²) in [6.07, 6.45) is -7.78. The zero-order valence-corrected chi connectivity index (χ0v) is 23.6. The zero-order valence-electron chi connectivity index (χ0n) is 22.8. The monoisotopic (exact) mass is 602 g/mol. The summed E-state index contributed by atoms with van der Waals surface area (Å²) in [5.41, 5.74) is 0.669. The quantitative estimate of drug-likeness (QED) is 0.154. The molecule has 0 spiro atoms. The van der Waals surface area contributed by atoms with Gasteiger partial charge in [0.05, 0.1) is 12.7 Å². The van der Waals surface area contributed by atoms with Gasteiger partial charge in [-0.25, -0.2) is 8.78 Å². The van der Waals surface area contributed by atoms with Crippen LogP contribution in [0.3, 0.4) is 0 Å². The van der Waals surface area contributed by atoms with Gasteiger partial charge in [-0.2, -0.15) is 13.2 Å². The lowest BCUT2D eigenvalue weighted by molar-refractivity contribution is -0.137. The number of hydrogen-bond acceptors (Lipinski definition) is 3. The molecule has 0 heterocycles. The van der Waals surface area contributed by atoms with Crippen LogP contribution in [0.2, 0.25) is 5.02 Å². The summed E-state index contributed by atoms with van der Waals surface area (Å²) < 4.78 is 75.7. The van der Waals surface area contributed by atoms with E-state index in [9.17, 15) is 36.2 Å². The predicted octanol–water partition coefficient (Wildman–Crippen LogP) is 7.94. The fourth-order valence-electron chi connectivity index (χ4n) is 4.33. The Kier molecular flexibility index (Phi) is 13.1. The minimum atomic E-state index is -4.88. The number of rotatable bonds is 11. The van der Waals surface area contributed by atoms with Gasteiger partial charge in [0.15, 0.2) is 0 Å². The Labute approximate surface area is 240 Å². The van der Waals surface area contributed by atoms with Crippen molar-refractivity contribution in [1.29, 1.82) is 0 Å². The summed E-state index contributed by atoms with van der Waals surface area (Å²) in [4.78, 5) is 12.8. The van der Waals surface area contributed by atoms with Crippen molar-refractivity contribution in [2.24, 2.45) is 0 Å². The van der Waals surface area contributed by atoms with Gasteiger partial charge in [-0.15, -0.1) is 0 Å². The van der Waals surface area contributed by atoms with Gasteiger partial charge in [-0.1, -0.05) is 54.9 Å². The molecule has 3 aromatic rings. The third-order valence-corrected chi connectivity index (χ3v) is 6.94. The summed E-state index contributed by atoms with van der Waals surface area (Å²) in [5.74, 6) is -1.21. The molecule has 3 aromatic carbocycles. The van der Waals surface area contributed by atoms with Gasteiger partial charge >= 0.3 is 6.18 Å². The second-order valence-electron chi connectivity index (χ2n) is 9.26. The molecule has 2 unspecified atom stereocenters. The zero-order chi connectivity index (χ0) is 30.7. The topological polar surface area (TPSA) is 61.4 Å². The minimum absolute atomic E-state index is 0.0173. The molecule has 41 heavy (non-hydrogen) atoms. The van der Waals surface area contributed by atoms with E-state index in [4.69, 9.17) is 11.6 Å². The van der Waals surface area contributed by atoms with E-state index in [0.717, 1.165) is 34.7 Å². The van der Waals surface area contributed by atoms with Crippen molar-refractivity contribution in [3.63, 3.8) is 0 Å². The molecule has 11 heteroatoms. The van der Waals surface area contributed by atoms with Gasteiger partial charge in [0.1, 0.15) is 6.23 Å². The van der Waals surface area contributed by atoms with Gasteiger partial charge in [-0.05, 0) is 72.8 Å². The molecule has 0 aromatic heterocycles. The van der Waals surface area contributed by atoms with Crippen LogP contribution in [0.4, 0.5) is 26.3 Å². The largest absolute Gasteiger partial charge is 0.416 e. The highest BCUT2D eigenvalue weighted by Gasteiger charge is 2.32. The molecule has 3 rings (SSSR count). The molecule has 3 N–H and O–H groups in total. The van der Waals surface area contributed by atoms with Crippen molar-refractivity contribution < 1.29 is 36.2 Å². The molecule has 2 atom stereocenters. The number of carbonyl (C=O) groups excluding carboxylic acids is 1. The number of amides is 1. The molecule has 4 nitrogen and oxygen atoms in total. The van der Waals surface area contributed by atoms with Crippen LogP contribution < -0.4 is 10.6 Å². The summed E-state index contributed by atoms with van der Waals surface area (Å²) in [7, 11) is 0.500. The summed E-state index contributed by atoms with van der Waals surface area (Å²) in [6, 6.07) is 14.5. The molecule has 0 bridgehead atoms. The first-order chi connectivity index (χ1) is 19.4. The number of alkyl halides is 6. The van der Waals surface area contributed by atoms with Crippen LogP contribution in [0.5, 0.6) is 0 Å². The van der Waals surface area contributed by atoms with Gasteiger partial charge in [0.25, 0.3) is 12.3 Å². The van der Waals surface area contributed by atoms with E-state index < -0.39 is 41.4 Å². The van der Waals surface area contributed by atoms with Crippen LogP contribution in [-0.4, -0.2) is 31.3 Å². The lowest BCUT2D eigenvalue weighted by atomic mass is 9.93. The Balaban J connectivity index is 0.00000287. The highest BCUT2D eigenvalue weighted by Crippen LogP contribution is 2.33. The molecule has 1 amide bonds. The highest BCUT2D eigenvalue weighted by atomic mass is 35.5. The number of aryl methyl sites for hydroxylation is 2. The van der Waals surface area contributed by atoms with Gasteiger partial charge in [0.2, 0.25) is 0 Å². The Hall–Kier alpha value is -3.08. The van der Waals surface area contributed by atoms with Crippen LogP contribution >= 0.6 is 11.6 Å². The van der Waals surface area contributed by atoms with E-state index in [-0.39, 0.29) is 12.5 Å². The molecule has 0 aliphatic rings. The molecule has 0 saturated heterocycles. The van der Waals surface area contributed by atoms with Crippen LogP contribution in [0.25, 0.3) is 0 Å². The smallest absolute Gasteiger partial charge is 0.374 e. The van der Waals surface area contributed by atoms with E-state index in [0.29, 0.717) is 37.3 Å². The third kappa shape index (κ3) is 9.76. The number of aliphatic hydroxyl groups excluding tert-OH is 1. The number of carbonyl (C=O) groups is 1. The SMILES string of the molecule is CCc1ccccc1C(O)NCCC(CNC(=O)c1cc(C(F)F)cc(C(F)(F)F)c1)c1ccc(Cl)c(C)c1.CF. The fourth-order valence-corrected chi connectivity index (χ4v) is 4.44. The maximum absolute atomic E-state index is 13.2. The molecule has 0 radical (unpaired) electrons. The number of halogens is 7. The average Bonchev–Trinajstić information content (AvgIpc) is 2.96. The predicted molar refractivity (Wildman–Crippen MR) is 148 cm³/mol. The second-order valence-corrected chi connectivity index (χ2v) is 9.66. The van der Waals surface area contributed by atoms with Crippen molar-refractivity contribution in [1.82, 2.24) is 10.6 Å². The van der Waals surface area contributed by atoms with Crippen molar-refractivity contribution >= 4 is 17.5 Å². The standard InChI is InChI=1S/C29H30ClF5N2O2.CH3F/c1-3-18-6-4-5-7-24(18)28(39)36-11-10-20(19-8-9-25(30)17(2)12-19)16-37-27(38)22-13-21(26(31)32)14-23(15-22)29(33,34)35;1-2/h4-9,12-15,20,26,28,36,39H,3,10-11,16H2,1-2H3,(H,37,38);1H3. The molecule has 0 fully saturated rings. The maximum Gasteiger partial charge on any atom is 0.416 e. The Morgan fingerprint density at radius 1 is 1.00 bits per heavy atom. The fraction of sp³-hybridized carbons (Fsp3) is 0.367. The summed E-state index contributed by atoms with van der Waals surface area (Å²) in [5, 5.41) is 16.9. The Bertz CT molecular complexity index is 1290. The van der Waals surface area contributed by atoms with E-state index >= 15 is 0 Å².